The van der Waals surface area contributed by atoms with E-state index in [0.717, 1.165) is 63.5 Å². The predicted octanol–water partition coefficient (Wildman–Crippen LogP) is 1.21. The fraction of sp³-hybridized carbons (Fsp3) is 0.579. The summed E-state index contributed by atoms with van der Waals surface area (Å²) in [6.07, 6.45) is 10.9. The maximum absolute atomic E-state index is 12.8. The second-order valence-electron chi connectivity index (χ2n) is 7.43. The van der Waals surface area contributed by atoms with E-state index >= 15 is 0 Å². The molecule has 8 heteroatoms. The zero-order valence-electron chi connectivity index (χ0n) is 15.8. The molecule has 2 saturated heterocycles. The standard InChI is InChI=1S/C19H27N7O/c1-24-18(4-7-22-24)26-10-2-3-16(14-26)23-19(27)15-5-11-25(12-6-15)17-13-20-8-9-21-17/h4,7-9,13,15-16H,2-3,5-6,10-12,14H2,1H3,(H,23,27). The normalized spacial score (nSPS) is 21.3. The first kappa shape index (κ1) is 17.8. The van der Waals surface area contributed by atoms with E-state index < -0.39 is 0 Å². The number of anilines is 2. The van der Waals surface area contributed by atoms with Gasteiger partial charge in [-0.05, 0) is 25.7 Å². The highest BCUT2D eigenvalue weighted by Gasteiger charge is 2.29. The second kappa shape index (κ2) is 7.94. The molecule has 1 unspecified atom stereocenters. The maximum atomic E-state index is 12.8. The fourth-order valence-electron chi connectivity index (χ4n) is 4.12. The van der Waals surface area contributed by atoms with Crippen LogP contribution in [0.15, 0.2) is 30.9 Å². The Morgan fingerprint density at radius 2 is 1.96 bits per heavy atom. The maximum Gasteiger partial charge on any atom is 0.223 e. The summed E-state index contributed by atoms with van der Waals surface area (Å²) >= 11 is 0. The highest BCUT2D eigenvalue weighted by molar-refractivity contribution is 5.79. The van der Waals surface area contributed by atoms with Gasteiger partial charge in [0.05, 0.1) is 12.4 Å². The van der Waals surface area contributed by atoms with E-state index in [0.29, 0.717) is 0 Å². The zero-order valence-corrected chi connectivity index (χ0v) is 15.8. The van der Waals surface area contributed by atoms with Crippen molar-refractivity contribution in [2.45, 2.75) is 31.7 Å². The lowest BCUT2D eigenvalue weighted by atomic mass is 9.95. The van der Waals surface area contributed by atoms with Crippen molar-refractivity contribution in [1.82, 2.24) is 25.1 Å². The summed E-state index contributed by atoms with van der Waals surface area (Å²) in [7, 11) is 1.96. The molecule has 0 bridgehead atoms. The van der Waals surface area contributed by atoms with Crippen molar-refractivity contribution in [3.05, 3.63) is 30.9 Å². The second-order valence-corrected chi connectivity index (χ2v) is 7.43. The molecule has 1 atom stereocenters. The van der Waals surface area contributed by atoms with Crippen LogP contribution in [-0.4, -0.2) is 57.9 Å². The number of carbonyl (C=O) groups is 1. The van der Waals surface area contributed by atoms with Gasteiger partial charge in [0.2, 0.25) is 5.91 Å². The van der Waals surface area contributed by atoms with Gasteiger partial charge in [-0.3, -0.25) is 14.5 Å². The number of hydrogen-bond donors (Lipinski definition) is 1. The van der Waals surface area contributed by atoms with Crippen molar-refractivity contribution >= 4 is 17.5 Å². The van der Waals surface area contributed by atoms with Gasteiger partial charge in [0, 0.05) is 63.6 Å². The number of aromatic nitrogens is 4. The molecule has 0 radical (unpaired) electrons. The Hall–Kier alpha value is -2.64. The van der Waals surface area contributed by atoms with Crippen LogP contribution in [0.25, 0.3) is 0 Å². The lowest BCUT2D eigenvalue weighted by Crippen LogP contribution is -2.51. The molecule has 2 aromatic rings. The Balaban J connectivity index is 1.29. The van der Waals surface area contributed by atoms with E-state index in [1.54, 1.807) is 18.6 Å². The minimum absolute atomic E-state index is 0.0880. The third-order valence-corrected chi connectivity index (χ3v) is 5.63. The molecular formula is C19H27N7O. The van der Waals surface area contributed by atoms with Crippen LogP contribution in [0.3, 0.4) is 0 Å². The van der Waals surface area contributed by atoms with Crippen molar-refractivity contribution in [2.24, 2.45) is 13.0 Å². The van der Waals surface area contributed by atoms with Crippen LogP contribution < -0.4 is 15.1 Å². The smallest absolute Gasteiger partial charge is 0.223 e. The molecule has 0 saturated carbocycles. The zero-order chi connectivity index (χ0) is 18.6. The van der Waals surface area contributed by atoms with E-state index in [2.05, 4.69) is 30.2 Å². The minimum atomic E-state index is 0.0880. The van der Waals surface area contributed by atoms with Crippen LogP contribution in [0, 0.1) is 5.92 Å². The van der Waals surface area contributed by atoms with E-state index in [4.69, 9.17) is 0 Å². The summed E-state index contributed by atoms with van der Waals surface area (Å²) in [5, 5.41) is 7.55. The molecule has 4 heterocycles. The first-order valence-corrected chi connectivity index (χ1v) is 9.75. The molecule has 2 aliphatic rings. The monoisotopic (exact) mass is 369 g/mol. The molecule has 144 valence electrons. The van der Waals surface area contributed by atoms with Crippen LogP contribution in [-0.2, 0) is 11.8 Å². The Morgan fingerprint density at radius 1 is 1.11 bits per heavy atom. The van der Waals surface area contributed by atoms with Crippen LogP contribution in [0.2, 0.25) is 0 Å². The molecule has 1 amide bonds. The first-order valence-electron chi connectivity index (χ1n) is 9.75. The first-order chi connectivity index (χ1) is 13.2. The molecule has 27 heavy (non-hydrogen) atoms. The number of nitrogens with zero attached hydrogens (tertiary/aromatic N) is 6. The lowest BCUT2D eigenvalue weighted by Gasteiger charge is -2.36. The highest BCUT2D eigenvalue weighted by atomic mass is 16.2. The van der Waals surface area contributed by atoms with Crippen LogP contribution >= 0.6 is 0 Å². The van der Waals surface area contributed by atoms with Gasteiger partial charge in [-0.15, -0.1) is 0 Å². The minimum Gasteiger partial charge on any atom is -0.355 e. The summed E-state index contributed by atoms with van der Waals surface area (Å²) in [6, 6.07) is 2.24. The van der Waals surface area contributed by atoms with Crippen LogP contribution in [0.4, 0.5) is 11.6 Å². The summed E-state index contributed by atoms with van der Waals surface area (Å²) in [6.45, 7) is 3.57. The average Bonchev–Trinajstić information content (AvgIpc) is 3.15. The van der Waals surface area contributed by atoms with Gasteiger partial charge in [-0.1, -0.05) is 0 Å². The topological polar surface area (TPSA) is 79.2 Å². The van der Waals surface area contributed by atoms with E-state index in [-0.39, 0.29) is 17.9 Å². The molecule has 2 fully saturated rings. The average molecular weight is 369 g/mol. The summed E-state index contributed by atoms with van der Waals surface area (Å²) in [5.41, 5.74) is 0. The Bertz CT molecular complexity index is 754. The number of amides is 1. The van der Waals surface area contributed by atoms with Gasteiger partial charge >= 0.3 is 0 Å². The van der Waals surface area contributed by atoms with Gasteiger partial charge in [-0.25, -0.2) is 4.98 Å². The van der Waals surface area contributed by atoms with Crippen molar-refractivity contribution in [3.8, 4) is 0 Å². The van der Waals surface area contributed by atoms with Gasteiger partial charge in [-0.2, -0.15) is 5.10 Å². The Kier molecular flexibility index (Phi) is 5.22. The number of carbonyl (C=O) groups excluding carboxylic acids is 1. The third kappa shape index (κ3) is 4.04. The number of rotatable bonds is 4. The number of aryl methyl sites for hydroxylation is 1. The van der Waals surface area contributed by atoms with E-state index in [1.807, 2.05) is 24.0 Å². The molecule has 8 nitrogen and oxygen atoms in total. The summed E-state index contributed by atoms with van der Waals surface area (Å²) in [4.78, 5) is 25.8. The van der Waals surface area contributed by atoms with Crippen molar-refractivity contribution < 1.29 is 4.79 Å². The molecule has 0 aliphatic carbocycles. The van der Waals surface area contributed by atoms with Crippen LogP contribution in [0.1, 0.15) is 25.7 Å². The Morgan fingerprint density at radius 3 is 2.67 bits per heavy atom. The van der Waals surface area contributed by atoms with Gasteiger partial charge in [0.1, 0.15) is 11.6 Å². The molecule has 2 aliphatic heterocycles. The largest absolute Gasteiger partial charge is 0.355 e. The predicted molar refractivity (Wildman–Crippen MR) is 104 cm³/mol. The quantitative estimate of drug-likeness (QED) is 0.873. The summed E-state index contributed by atoms with van der Waals surface area (Å²) < 4.78 is 1.90. The van der Waals surface area contributed by atoms with Crippen molar-refractivity contribution in [2.75, 3.05) is 36.0 Å². The van der Waals surface area contributed by atoms with Gasteiger partial charge < -0.3 is 15.1 Å². The molecular weight excluding hydrogens is 342 g/mol. The Labute approximate surface area is 159 Å². The molecule has 1 N–H and O–H groups in total. The molecule has 2 aromatic heterocycles. The highest BCUT2D eigenvalue weighted by Crippen LogP contribution is 2.23. The summed E-state index contributed by atoms with van der Waals surface area (Å²) in [5.74, 6) is 2.30. The van der Waals surface area contributed by atoms with Crippen LogP contribution in [0.5, 0.6) is 0 Å². The van der Waals surface area contributed by atoms with E-state index in [9.17, 15) is 4.79 Å². The van der Waals surface area contributed by atoms with Gasteiger partial charge in [0.15, 0.2) is 0 Å². The number of piperidine rings is 2. The number of hydrogen-bond acceptors (Lipinski definition) is 6. The lowest BCUT2D eigenvalue weighted by molar-refractivity contribution is -0.126. The molecule has 4 rings (SSSR count). The van der Waals surface area contributed by atoms with Gasteiger partial charge in [0.25, 0.3) is 0 Å². The molecule has 0 spiro atoms. The SMILES string of the molecule is Cn1nccc1N1CCCC(NC(=O)C2CCN(c3cnccn3)CC2)C1. The number of nitrogens with one attached hydrogen (secondary N) is 1. The molecule has 0 aromatic carbocycles. The van der Waals surface area contributed by atoms with Crippen molar-refractivity contribution in [3.63, 3.8) is 0 Å². The van der Waals surface area contributed by atoms with Crippen molar-refractivity contribution in [1.29, 1.82) is 0 Å². The fourth-order valence-corrected chi connectivity index (χ4v) is 4.12. The third-order valence-electron chi connectivity index (χ3n) is 5.63. The van der Waals surface area contributed by atoms with E-state index in [1.165, 1.54) is 0 Å².